The Labute approximate surface area is 319 Å². The fourth-order valence-electron chi connectivity index (χ4n) is 11.0. The van der Waals surface area contributed by atoms with Crippen LogP contribution in [0.1, 0.15) is 86.5 Å². The number of hydrogen-bond donors (Lipinski definition) is 0. The SMILES string of the molecule is c1ccc(-c2cc(-c3ccc(-c4cccc5c4-c4cc6c(cc4C54CCCCC4)-c4ccccc4C64CCCCC4)cc3)nc(-c3ccccc3)n2)cc1. The van der Waals surface area contributed by atoms with E-state index in [0.717, 1.165) is 33.9 Å². The molecule has 0 radical (unpaired) electrons. The molecule has 4 aliphatic rings. The van der Waals surface area contributed by atoms with E-state index in [0.29, 0.717) is 0 Å². The minimum atomic E-state index is 0.0911. The molecule has 7 aromatic rings. The third-order valence-corrected chi connectivity index (χ3v) is 13.5. The van der Waals surface area contributed by atoms with Gasteiger partial charge in [0.15, 0.2) is 5.82 Å². The van der Waals surface area contributed by atoms with Crippen LogP contribution in [-0.4, -0.2) is 9.97 Å². The summed E-state index contributed by atoms with van der Waals surface area (Å²) in [5, 5.41) is 0. The van der Waals surface area contributed by atoms with Crippen molar-refractivity contribution in [2.24, 2.45) is 0 Å². The molecule has 2 saturated carbocycles. The van der Waals surface area contributed by atoms with E-state index in [-0.39, 0.29) is 10.8 Å². The van der Waals surface area contributed by atoms with Crippen molar-refractivity contribution in [3.05, 3.63) is 168 Å². The van der Waals surface area contributed by atoms with Crippen molar-refractivity contribution in [3.8, 4) is 67.3 Å². The largest absolute Gasteiger partial charge is 0.228 e. The smallest absolute Gasteiger partial charge is 0.160 e. The van der Waals surface area contributed by atoms with Crippen LogP contribution in [0.25, 0.3) is 67.3 Å². The molecule has 2 spiro atoms. The highest BCUT2D eigenvalue weighted by Gasteiger charge is 2.49. The van der Waals surface area contributed by atoms with Crippen LogP contribution < -0.4 is 0 Å². The summed E-state index contributed by atoms with van der Waals surface area (Å²) < 4.78 is 0. The van der Waals surface area contributed by atoms with Crippen LogP contribution >= 0.6 is 0 Å². The second-order valence-corrected chi connectivity index (χ2v) is 16.3. The Morgan fingerprint density at radius 1 is 0.333 bits per heavy atom. The normalized spacial score (nSPS) is 17.2. The van der Waals surface area contributed by atoms with E-state index >= 15 is 0 Å². The van der Waals surface area contributed by atoms with E-state index < -0.39 is 0 Å². The molecular formula is C52H44N2. The molecule has 11 rings (SSSR count). The maximum absolute atomic E-state index is 5.13. The minimum Gasteiger partial charge on any atom is -0.228 e. The third kappa shape index (κ3) is 4.78. The van der Waals surface area contributed by atoms with Crippen LogP contribution in [0, 0.1) is 0 Å². The molecule has 262 valence electrons. The monoisotopic (exact) mass is 696 g/mol. The number of hydrogen-bond acceptors (Lipinski definition) is 2. The van der Waals surface area contributed by atoms with Gasteiger partial charge in [-0.3, -0.25) is 0 Å². The zero-order valence-corrected chi connectivity index (χ0v) is 30.8. The average molecular weight is 697 g/mol. The van der Waals surface area contributed by atoms with Gasteiger partial charge in [-0.05, 0) is 99.5 Å². The Kier molecular flexibility index (Phi) is 7.37. The summed E-state index contributed by atoms with van der Waals surface area (Å²) >= 11 is 0. The summed E-state index contributed by atoms with van der Waals surface area (Å²) in [6, 6.07) is 54.1. The topological polar surface area (TPSA) is 25.8 Å². The van der Waals surface area contributed by atoms with Crippen LogP contribution in [-0.2, 0) is 10.8 Å². The van der Waals surface area contributed by atoms with Gasteiger partial charge in [-0.15, -0.1) is 0 Å². The van der Waals surface area contributed by atoms with Crippen molar-refractivity contribution < 1.29 is 0 Å². The number of fused-ring (bicyclic) bond motifs is 10. The van der Waals surface area contributed by atoms with Crippen LogP contribution in [0.5, 0.6) is 0 Å². The maximum atomic E-state index is 5.13. The lowest BCUT2D eigenvalue weighted by molar-refractivity contribution is 0.350. The van der Waals surface area contributed by atoms with Gasteiger partial charge < -0.3 is 0 Å². The average Bonchev–Trinajstić information content (AvgIpc) is 3.66. The van der Waals surface area contributed by atoms with E-state index in [1.54, 1.807) is 22.3 Å². The van der Waals surface area contributed by atoms with Crippen molar-refractivity contribution in [1.29, 1.82) is 0 Å². The molecule has 4 aliphatic carbocycles. The van der Waals surface area contributed by atoms with Crippen molar-refractivity contribution in [1.82, 2.24) is 9.97 Å². The summed E-state index contributed by atoms with van der Waals surface area (Å²) in [5.41, 5.74) is 20.3. The van der Waals surface area contributed by atoms with Crippen molar-refractivity contribution >= 4 is 0 Å². The lowest BCUT2D eigenvalue weighted by Crippen LogP contribution is -2.29. The van der Waals surface area contributed by atoms with Gasteiger partial charge in [-0.1, -0.05) is 166 Å². The molecule has 1 aromatic heterocycles. The molecule has 2 nitrogen and oxygen atoms in total. The number of nitrogens with zero attached hydrogens (tertiary/aromatic N) is 2. The molecular weight excluding hydrogens is 653 g/mol. The van der Waals surface area contributed by atoms with Crippen molar-refractivity contribution in [2.45, 2.75) is 75.0 Å². The number of rotatable bonds is 4. The van der Waals surface area contributed by atoms with E-state index in [4.69, 9.17) is 9.97 Å². The summed E-state index contributed by atoms with van der Waals surface area (Å²) in [5.74, 6) is 0.747. The summed E-state index contributed by atoms with van der Waals surface area (Å²) in [4.78, 5) is 10.2. The van der Waals surface area contributed by atoms with Gasteiger partial charge >= 0.3 is 0 Å². The molecule has 0 atom stereocenters. The quantitative estimate of drug-likeness (QED) is 0.183. The molecule has 1 heterocycles. The zero-order chi connectivity index (χ0) is 35.7. The highest BCUT2D eigenvalue weighted by molar-refractivity contribution is 5.96. The Hall–Kier alpha value is -5.60. The van der Waals surface area contributed by atoms with Gasteiger partial charge in [0.25, 0.3) is 0 Å². The highest BCUT2D eigenvalue weighted by atomic mass is 14.9. The van der Waals surface area contributed by atoms with Gasteiger partial charge in [0, 0.05) is 27.5 Å². The first kappa shape index (κ1) is 31.9. The summed E-state index contributed by atoms with van der Waals surface area (Å²) in [7, 11) is 0. The number of benzene rings is 6. The maximum Gasteiger partial charge on any atom is 0.160 e. The van der Waals surface area contributed by atoms with Gasteiger partial charge in [0.2, 0.25) is 0 Å². The molecule has 2 heteroatoms. The van der Waals surface area contributed by atoms with Gasteiger partial charge in [0.05, 0.1) is 11.4 Å². The first-order valence-corrected chi connectivity index (χ1v) is 20.3. The predicted molar refractivity (Wildman–Crippen MR) is 222 cm³/mol. The molecule has 0 unspecified atom stereocenters. The molecule has 6 aromatic carbocycles. The van der Waals surface area contributed by atoms with E-state index in [2.05, 4.69) is 140 Å². The Balaban J connectivity index is 1.06. The highest BCUT2D eigenvalue weighted by Crippen LogP contribution is 2.63. The Morgan fingerprint density at radius 2 is 0.833 bits per heavy atom. The molecule has 2 fully saturated rings. The fraction of sp³-hybridized carbons (Fsp3) is 0.231. The van der Waals surface area contributed by atoms with Gasteiger partial charge in [0.1, 0.15) is 0 Å². The Morgan fingerprint density at radius 3 is 1.52 bits per heavy atom. The minimum absolute atomic E-state index is 0.0911. The van der Waals surface area contributed by atoms with E-state index in [1.165, 1.54) is 97.6 Å². The van der Waals surface area contributed by atoms with Crippen LogP contribution in [0.3, 0.4) is 0 Å². The first-order chi connectivity index (χ1) is 26.7. The molecule has 0 amide bonds. The lowest BCUT2D eigenvalue weighted by Gasteiger charge is -2.37. The van der Waals surface area contributed by atoms with Crippen LogP contribution in [0.15, 0.2) is 146 Å². The predicted octanol–water partition coefficient (Wildman–Crippen LogP) is 13.6. The Bertz CT molecular complexity index is 2480. The summed E-state index contributed by atoms with van der Waals surface area (Å²) in [6.45, 7) is 0. The zero-order valence-electron chi connectivity index (χ0n) is 30.8. The molecule has 0 N–H and O–H groups in total. The standard InChI is InChI=1S/C52H44N2/c1-5-16-36(17-6-1)47-34-48(54-50(53-47)38-18-7-2-8-19-38)37-26-24-35(25-27-37)39-21-15-23-44-49(39)42-33-45-41(32-46(42)52(44)30-13-4-14-31-52)40-20-9-10-22-43(40)51(45)28-11-3-12-29-51/h1-2,5-10,15-27,32-34H,3-4,11-14,28-31H2. The lowest BCUT2D eigenvalue weighted by atomic mass is 9.66. The summed E-state index contributed by atoms with van der Waals surface area (Å²) in [6.07, 6.45) is 12.9. The van der Waals surface area contributed by atoms with Crippen molar-refractivity contribution in [3.63, 3.8) is 0 Å². The van der Waals surface area contributed by atoms with E-state index in [1.807, 2.05) is 6.07 Å². The second-order valence-electron chi connectivity index (χ2n) is 16.3. The second kappa shape index (κ2) is 12.5. The van der Waals surface area contributed by atoms with Crippen LogP contribution in [0.4, 0.5) is 0 Å². The fourth-order valence-corrected chi connectivity index (χ4v) is 11.0. The molecule has 54 heavy (non-hydrogen) atoms. The van der Waals surface area contributed by atoms with E-state index in [9.17, 15) is 0 Å². The van der Waals surface area contributed by atoms with Gasteiger partial charge in [-0.2, -0.15) is 0 Å². The van der Waals surface area contributed by atoms with Crippen LogP contribution in [0.2, 0.25) is 0 Å². The third-order valence-electron chi connectivity index (χ3n) is 13.5. The van der Waals surface area contributed by atoms with Gasteiger partial charge in [-0.25, -0.2) is 9.97 Å². The first-order valence-electron chi connectivity index (χ1n) is 20.3. The number of aromatic nitrogens is 2. The molecule has 0 aliphatic heterocycles. The molecule has 0 saturated heterocycles. The molecule has 0 bridgehead atoms. The van der Waals surface area contributed by atoms with Crippen molar-refractivity contribution in [2.75, 3.05) is 0 Å².